The third-order valence-electron chi connectivity index (χ3n) is 3.41. The molecule has 2 rings (SSSR count). The molecule has 0 radical (unpaired) electrons. The van der Waals surface area contributed by atoms with Crippen molar-refractivity contribution in [2.24, 2.45) is 0 Å². The first-order valence-corrected chi connectivity index (χ1v) is 6.91. The monoisotopic (exact) mass is 295 g/mol. The second-order valence-electron chi connectivity index (χ2n) is 5.40. The fraction of sp³-hybridized carbons (Fsp3) is 0.500. The van der Waals surface area contributed by atoms with Gasteiger partial charge in [0.15, 0.2) is 5.82 Å². The van der Waals surface area contributed by atoms with E-state index in [4.69, 9.17) is 0 Å². The Bertz CT molecular complexity index is 562. The lowest BCUT2D eigenvalue weighted by Gasteiger charge is -2.33. The molecule has 6 nitrogen and oxygen atoms in total. The molecule has 1 aromatic rings. The van der Waals surface area contributed by atoms with Crippen molar-refractivity contribution in [3.8, 4) is 0 Å². The van der Waals surface area contributed by atoms with Gasteiger partial charge in [-0.2, -0.15) is 0 Å². The maximum Gasteiger partial charge on any atom is 0.272 e. The molecule has 1 heterocycles. The van der Waals surface area contributed by atoms with Crippen molar-refractivity contribution in [1.82, 2.24) is 5.32 Å². The summed E-state index contributed by atoms with van der Waals surface area (Å²) >= 11 is 0. The summed E-state index contributed by atoms with van der Waals surface area (Å²) in [6.45, 7) is 4.31. The topological polar surface area (TPSA) is 75.5 Å². The van der Waals surface area contributed by atoms with E-state index in [9.17, 15) is 19.3 Å². The SMILES string of the molecule is CC(C)NC1CCCN(c2ccc([N+](=O)[O-])cc2F)C1=O. The van der Waals surface area contributed by atoms with Crippen molar-refractivity contribution in [2.45, 2.75) is 38.8 Å². The number of nitrogens with zero attached hydrogens (tertiary/aromatic N) is 2. The minimum Gasteiger partial charge on any atom is -0.308 e. The van der Waals surface area contributed by atoms with Gasteiger partial charge in [-0.15, -0.1) is 0 Å². The van der Waals surface area contributed by atoms with Crippen LogP contribution in [-0.4, -0.2) is 29.5 Å². The number of hydrogen-bond donors (Lipinski definition) is 1. The molecular formula is C14H18FN3O3. The second-order valence-corrected chi connectivity index (χ2v) is 5.40. The standard InChI is InChI=1S/C14H18FN3O3/c1-9(2)16-12-4-3-7-17(14(12)19)13-6-5-10(18(20)21)8-11(13)15/h5-6,8-9,12,16H,3-4,7H2,1-2H3. The van der Waals surface area contributed by atoms with Gasteiger partial charge in [-0.1, -0.05) is 13.8 Å². The number of carbonyl (C=O) groups is 1. The molecule has 1 N–H and O–H groups in total. The molecule has 1 unspecified atom stereocenters. The summed E-state index contributed by atoms with van der Waals surface area (Å²) in [7, 11) is 0. The highest BCUT2D eigenvalue weighted by Gasteiger charge is 2.31. The average molecular weight is 295 g/mol. The van der Waals surface area contributed by atoms with E-state index in [2.05, 4.69) is 5.32 Å². The highest BCUT2D eigenvalue weighted by molar-refractivity contribution is 5.98. The predicted octanol–water partition coefficient (Wildman–Crippen LogP) is 2.23. The van der Waals surface area contributed by atoms with E-state index in [0.29, 0.717) is 13.0 Å². The summed E-state index contributed by atoms with van der Waals surface area (Å²) in [4.78, 5) is 23.7. The second kappa shape index (κ2) is 6.17. The minimum absolute atomic E-state index is 0.0980. The van der Waals surface area contributed by atoms with Crippen molar-refractivity contribution in [1.29, 1.82) is 0 Å². The number of anilines is 1. The fourth-order valence-electron chi connectivity index (χ4n) is 2.50. The highest BCUT2D eigenvalue weighted by Crippen LogP contribution is 2.27. The van der Waals surface area contributed by atoms with Gasteiger partial charge in [0.05, 0.1) is 22.7 Å². The first-order chi connectivity index (χ1) is 9.90. The van der Waals surface area contributed by atoms with Gasteiger partial charge in [0.1, 0.15) is 0 Å². The van der Waals surface area contributed by atoms with Crippen LogP contribution in [0.25, 0.3) is 0 Å². The molecular weight excluding hydrogens is 277 g/mol. The Morgan fingerprint density at radius 3 is 2.76 bits per heavy atom. The van der Waals surface area contributed by atoms with Crippen LogP contribution in [0, 0.1) is 15.9 Å². The number of nitrogens with one attached hydrogen (secondary N) is 1. The zero-order valence-corrected chi connectivity index (χ0v) is 12.0. The number of hydrogen-bond acceptors (Lipinski definition) is 4. The van der Waals surface area contributed by atoms with E-state index >= 15 is 0 Å². The van der Waals surface area contributed by atoms with E-state index in [1.165, 1.54) is 17.0 Å². The largest absolute Gasteiger partial charge is 0.308 e. The Hall–Kier alpha value is -2.02. The highest BCUT2D eigenvalue weighted by atomic mass is 19.1. The number of nitro groups is 1. The summed E-state index contributed by atoms with van der Waals surface area (Å²) in [5.74, 6) is -0.939. The van der Waals surface area contributed by atoms with Crippen LogP contribution >= 0.6 is 0 Å². The maximum atomic E-state index is 14.0. The van der Waals surface area contributed by atoms with Gasteiger partial charge in [0.25, 0.3) is 5.69 Å². The Morgan fingerprint density at radius 2 is 2.19 bits per heavy atom. The van der Waals surface area contributed by atoms with Gasteiger partial charge in [-0.3, -0.25) is 14.9 Å². The molecule has 0 aliphatic carbocycles. The number of amides is 1. The molecule has 1 saturated heterocycles. The van der Waals surface area contributed by atoms with Gasteiger partial charge in [0.2, 0.25) is 5.91 Å². The van der Waals surface area contributed by atoms with Gasteiger partial charge in [-0.25, -0.2) is 4.39 Å². The first-order valence-electron chi connectivity index (χ1n) is 6.91. The number of nitro benzene ring substituents is 1. The van der Waals surface area contributed by atoms with Crippen molar-refractivity contribution in [2.75, 3.05) is 11.4 Å². The van der Waals surface area contributed by atoms with E-state index in [1.807, 2.05) is 13.8 Å². The Morgan fingerprint density at radius 1 is 1.48 bits per heavy atom. The van der Waals surface area contributed by atoms with Crippen LogP contribution in [0.15, 0.2) is 18.2 Å². The van der Waals surface area contributed by atoms with E-state index in [0.717, 1.165) is 12.5 Å². The van der Waals surface area contributed by atoms with Gasteiger partial charge >= 0.3 is 0 Å². The van der Waals surface area contributed by atoms with Crippen LogP contribution in [-0.2, 0) is 4.79 Å². The number of non-ortho nitro benzene ring substituents is 1. The molecule has 1 aliphatic rings. The maximum absolute atomic E-state index is 14.0. The number of piperidine rings is 1. The molecule has 1 aromatic carbocycles. The van der Waals surface area contributed by atoms with Crippen LogP contribution in [0.5, 0.6) is 0 Å². The van der Waals surface area contributed by atoms with E-state index in [-0.39, 0.29) is 29.4 Å². The molecule has 0 spiro atoms. The normalized spacial score (nSPS) is 19.1. The van der Waals surface area contributed by atoms with Crippen molar-refractivity contribution >= 4 is 17.3 Å². The Balaban J connectivity index is 2.24. The van der Waals surface area contributed by atoms with Crippen LogP contribution in [0.3, 0.4) is 0 Å². The summed E-state index contributed by atoms with van der Waals surface area (Å²) in [6.07, 6.45) is 1.47. The fourth-order valence-corrected chi connectivity index (χ4v) is 2.50. The molecule has 0 bridgehead atoms. The van der Waals surface area contributed by atoms with E-state index in [1.54, 1.807) is 0 Å². The first kappa shape index (κ1) is 15.4. The third kappa shape index (κ3) is 3.36. The summed E-state index contributed by atoms with van der Waals surface area (Å²) in [5, 5.41) is 13.8. The van der Waals surface area contributed by atoms with Crippen molar-refractivity contribution < 1.29 is 14.1 Å². The zero-order valence-electron chi connectivity index (χ0n) is 12.0. The third-order valence-corrected chi connectivity index (χ3v) is 3.41. The lowest BCUT2D eigenvalue weighted by Crippen LogP contribution is -2.52. The number of benzene rings is 1. The molecule has 0 saturated carbocycles. The Kier molecular flexibility index (Phi) is 4.52. The summed E-state index contributed by atoms with van der Waals surface area (Å²) in [6, 6.07) is 3.17. The van der Waals surface area contributed by atoms with Gasteiger partial charge in [-0.05, 0) is 18.9 Å². The van der Waals surface area contributed by atoms with Crippen LogP contribution in [0.4, 0.5) is 15.8 Å². The van der Waals surface area contributed by atoms with E-state index < -0.39 is 10.7 Å². The molecule has 21 heavy (non-hydrogen) atoms. The number of rotatable bonds is 4. The van der Waals surface area contributed by atoms with Gasteiger partial charge in [0, 0.05) is 18.7 Å². The molecule has 1 atom stereocenters. The molecule has 0 aromatic heterocycles. The molecule has 1 fully saturated rings. The van der Waals surface area contributed by atoms with Gasteiger partial charge < -0.3 is 10.2 Å². The number of halogens is 1. The quantitative estimate of drug-likeness (QED) is 0.682. The molecule has 7 heteroatoms. The van der Waals surface area contributed by atoms with Crippen molar-refractivity contribution in [3.63, 3.8) is 0 Å². The predicted molar refractivity (Wildman–Crippen MR) is 76.7 cm³/mol. The van der Waals surface area contributed by atoms with Crippen LogP contribution in [0.1, 0.15) is 26.7 Å². The lowest BCUT2D eigenvalue weighted by molar-refractivity contribution is -0.385. The molecule has 114 valence electrons. The Labute approximate surface area is 122 Å². The molecule has 1 aliphatic heterocycles. The summed E-state index contributed by atoms with van der Waals surface area (Å²) in [5.41, 5.74) is -0.224. The lowest BCUT2D eigenvalue weighted by atomic mass is 10.0. The van der Waals surface area contributed by atoms with Crippen molar-refractivity contribution in [3.05, 3.63) is 34.1 Å². The summed E-state index contributed by atoms with van der Waals surface area (Å²) < 4.78 is 14.0. The minimum atomic E-state index is -0.747. The molecule has 1 amide bonds. The average Bonchev–Trinajstić information content (AvgIpc) is 2.41. The zero-order chi connectivity index (χ0) is 15.6. The smallest absolute Gasteiger partial charge is 0.272 e. The van der Waals surface area contributed by atoms with Crippen LogP contribution in [0.2, 0.25) is 0 Å². The van der Waals surface area contributed by atoms with Crippen LogP contribution < -0.4 is 10.2 Å². The number of carbonyl (C=O) groups excluding carboxylic acids is 1.